The monoisotopic (exact) mass is 412 g/mol. The second kappa shape index (κ2) is 6.85. The molecule has 2 aromatic rings. The average molecular weight is 413 g/mol. The molecule has 1 aliphatic carbocycles. The van der Waals surface area contributed by atoms with E-state index in [1.807, 2.05) is 24.3 Å². The van der Waals surface area contributed by atoms with Gasteiger partial charge in [0.25, 0.3) is 10.0 Å². The van der Waals surface area contributed by atoms with Gasteiger partial charge in [0.2, 0.25) is 5.91 Å². The third kappa shape index (κ3) is 2.95. The van der Waals surface area contributed by atoms with Gasteiger partial charge in [-0.15, -0.1) is 0 Å². The van der Waals surface area contributed by atoms with E-state index >= 15 is 0 Å². The van der Waals surface area contributed by atoms with Gasteiger partial charge in [-0.25, -0.2) is 8.42 Å². The number of carbonyl (C=O) groups is 1. The molecule has 0 radical (unpaired) electrons. The Hall–Kier alpha value is -2.38. The molecule has 2 heterocycles. The zero-order valence-electron chi connectivity index (χ0n) is 16.0. The number of nitrogens with zero attached hydrogens (tertiary/aromatic N) is 2. The van der Waals surface area contributed by atoms with Crippen molar-refractivity contribution in [2.75, 3.05) is 17.5 Å². The summed E-state index contributed by atoms with van der Waals surface area (Å²) < 4.78 is 28.3. The molecular formula is C22H24N2O4S. The van der Waals surface area contributed by atoms with Gasteiger partial charge in [0.15, 0.2) is 0 Å². The van der Waals surface area contributed by atoms with Crippen LogP contribution in [0.1, 0.15) is 30.7 Å². The number of amides is 1. The van der Waals surface area contributed by atoms with E-state index < -0.39 is 10.0 Å². The summed E-state index contributed by atoms with van der Waals surface area (Å²) >= 11 is 0. The standard InChI is InChI=1S/C22H24N2O4S/c25-14-20-22-17-8-4-5-9-18(17)23(29(27,28)16-6-2-1-3-7-16)13-19(22)24(20)21(26)12-15-10-11-15/h1-9,15,19-20,22,25H,10-14H2/t19-,20+,22+/m0/s1. The van der Waals surface area contributed by atoms with Gasteiger partial charge < -0.3 is 10.0 Å². The molecule has 0 spiro atoms. The lowest BCUT2D eigenvalue weighted by Crippen LogP contribution is -2.70. The van der Waals surface area contributed by atoms with Crippen LogP contribution in [0.3, 0.4) is 0 Å². The lowest BCUT2D eigenvalue weighted by molar-refractivity contribution is -0.150. The zero-order valence-corrected chi connectivity index (χ0v) is 16.8. The fourth-order valence-electron chi connectivity index (χ4n) is 4.82. The Kier molecular flexibility index (Phi) is 4.40. The summed E-state index contributed by atoms with van der Waals surface area (Å²) in [5.41, 5.74) is 1.53. The van der Waals surface area contributed by atoms with Crippen LogP contribution < -0.4 is 4.31 Å². The number of aliphatic hydroxyl groups is 1. The lowest BCUT2D eigenvalue weighted by Gasteiger charge is -2.59. The van der Waals surface area contributed by atoms with Crippen molar-refractivity contribution in [3.63, 3.8) is 0 Å². The van der Waals surface area contributed by atoms with Gasteiger partial charge in [-0.2, -0.15) is 0 Å². The highest BCUT2D eigenvalue weighted by molar-refractivity contribution is 7.92. The summed E-state index contributed by atoms with van der Waals surface area (Å²) in [6, 6.07) is 15.3. The molecule has 0 unspecified atom stereocenters. The molecule has 2 aliphatic heterocycles. The predicted molar refractivity (Wildman–Crippen MR) is 109 cm³/mol. The van der Waals surface area contributed by atoms with Crippen molar-refractivity contribution in [2.45, 2.75) is 42.2 Å². The molecule has 1 saturated carbocycles. The summed E-state index contributed by atoms with van der Waals surface area (Å²) in [6.07, 6.45) is 2.65. The maximum atomic E-state index is 13.4. The number of para-hydroxylation sites is 1. The highest BCUT2D eigenvalue weighted by Crippen LogP contribution is 2.50. The van der Waals surface area contributed by atoms with Crippen LogP contribution >= 0.6 is 0 Å². The molecule has 2 fully saturated rings. The van der Waals surface area contributed by atoms with Gasteiger partial charge in [0, 0.05) is 12.3 Å². The van der Waals surface area contributed by atoms with Gasteiger partial charge in [0.05, 0.1) is 35.8 Å². The molecule has 1 amide bonds. The van der Waals surface area contributed by atoms with Crippen molar-refractivity contribution < 1.29 is 18.3 Å². The Labute approximate surface area is 170 Å². The third-order valence-corrected chi connectivity index (χ3v) is 8.22. The Bertz CT molecular complexity index is 1040. The van der Waals surface area contributed by atoms with Gasteiger partial charge in [-0.1, -0.05) is 36.4 Å². The maximum absolute atomic E-state index is 13.4. The topological polar surface area (TPSA) is 77.9 Å². The molecule has 0 bridgehead atoms. The number of likely N-dealkylation sites (tertiary alicyclic amines) is 1. The molecule has 0 aromatic heterocycles. The van der Waals surface area contributed by atoms with E-state index in [2.05, 4.69) is 0 Å². The number of carbonyl (C=O) groups excluding carboxylic acids is 1. The number of hydrogen-bond donors (Lipinski definition) is 1. The minimum Gasteiger partial charge on any atom is -0.394 e. The van der Waals surface area contributed by atoms with Crippen LogP contribution in [0.4, 0.5) is 5.69 Å². The van der Waals surface area contributed by atoms with Crippen molar-refractivity contribution in [1.29, 1.82) is 0 Å². The van der Waals surface area contributed by atoms with Crippen LogP contribution in [-0.2, 0) is 14.8 Å². The number of anilines is 1. The van der Waals surface area contributed by atoms with Crippen molar-refractivity contribution in [2.24, 2.45) is 5.92 Å². The number of rotatable bonds is 5. The highest BCUT2D eigenvalue weighted by Gasteiger charge is 2.56. The van der Waals surface area contributed by atoms with Crippen molar-refractivity contribution >= 4 is 21.6 Å². The first-order chi connectivity index (χ1) is 14.0. The lowest BCUT2D eigenvalue weighted by atomic mass is 9.72. The van der Waals surface area contributed by atoms with E-state index in [9.17, 15) is 18.3 Å². The quantitative estimate of drug-likeness (QED) is 0.818. The summed E-state index contributed by atoms with van der Waals surface area (Å²) in [5, 5.41) is 10.00. The summed E-state index contributed by atoms with van der Waals surface area (Å²) in [5.74, 6) is 0.437. The fourth-order valence-corrected chi connectivity index (χ4v) is 6.35. The largest absolute Gasteiger partial charge is 0.394 e. The SMILES string of the molecule is O=C(CC1CC1)N1[C@H](CO)[C@@H]2c3ccccc3N(S(=O)(=O)c3ccccc3)C[C@@H]21. The number of sulfonamides is 1. The molecule has 6 nitrogen and oxygen atoms in total. The number of hydrogen-bond acceptors (Lipinski definition) is 4. The molecule has 2 aromatic carbocycles. The van der Waals surface area contributed by atoms with Crippen LogP contribution in [-0.4, -0.2) is 49.6 Å². The average Bonchev–Trinajstić information content (AvgIpc) is 3.52. The van der Waals surface area contributed by atoms with Crippen molar-refractivity contribution in [3.8, 4) is 0 Å². The molecule has 7 heteroatoms. The Balaban J connectivity index is 1.54. The fraction of sp³-hybridized carbons (Fsp3) is 0.409. The van der Waals surface area contributed by atoms with Gasteiger partial charge in [-0.05, 0) is 42.5 Å². The van der Waals surface area contributed by atoms with Gasteiger partial charge >= 0.3 is 0 Å². The normalized spacial score (nSPS) is 25.8. The molecule has 29 heavy (non-hydrogen) atoms. The molecular weight excluding hydrogens is 388 g/mol. The first-order valence-corrected chi connectivity index (χ1v) is 11.5. The molecule has 152 valence electrons. The third-order valence-electron chi connectivity index (χ3n) is 6.43. The first-order valence-electron chi connectivity index (χ1n) is 10.1. The predicted octanol–water partition coefficient (Wildman–Crippen LogP) is 2.35. The van der Waals surface area contributed by atoms with E-state index in [0.717, 1.165) is 18.4 Å². The summed E-state index contributed by atoms with van der Waals surface area (Å²) in [6.45, 7) is 0.100. The van der Waals surface area contributed by atoms with Crippen LogP contribution in [0.15, 0.2) is 59.5 Å². The minimum absolute atomic E-state index is 0.0317. The molecule has 5 rings (SSSR count). The smallest absolute Gasteiger partial charge is 0.264 e. The minimum atomic E-state index is -3.75. The van der Waals surface area contributed by atoms with E-state index in [1.54, 1.807) is 35.2 Å². The Morgan fingerprint density at radius 3 is 2.41 bits per heavy atom. The van der Waals surface area contributed by atoms with E-state index in [4.69, 9.17) is 0 Å². The van der Waals surface area contributed by atoms with Crippen LogP contribution in [0.2, 0.25) is 0 Å². The maximum Gasteiger partial charge on any atom is 0.264 e. The molecule has 3 aliphatic rings. The van der Waals surface area contributed by atoms with Crippen LogP contribution in [0.5, 0.6) is 0 Å². The number of fused-ring (bicyclic) bond motifs is 3. The molecule has 3 atom stereocenters. The number of benzene rings is 2. The highest BCUT2D eigenvalue weighted by atomic mass is 32.2. The second-order valence-electron chi connectivity index (χ2n) is 8.20. The first kappa shape index (κ1) is 18.6. The number of aliphatic hydroxyl groups excluding tert-OH is 1. The van der Waals surface area contributed by atoms with Gasteiger partial charge in [-0.3, -0.25) is 9.10 Å². The van der Waals surface area contributed by atoms with Crippen LogP contribution in [0, 0.1) is 5.92 Å². The van der Waals surface area contributed by atoms with E-state index in [1.165, 1.54) is 4.31 Å². The van der Waals surface area contributed by atoms with Gasteiger partial charge in [0.1, 0.15) is 0 Å². The zero-order chi connectivity index (χ0) is 20.2. The Morgan fingerprint density at radius 1 is 1.03 bits per heavy atom. The summed E-state index contributed by atoms with van der Waals surface area (Å²) in [7, 11) is -3.75. The van der Waals surface area contributed by atoms with Crippen LogP contribution in [0.25, 0.3) is 0 Å². The van der Waals surface area contributed by atoms with Crippen molar-refractivity contribution in [1.82, 2.24) is 4.90 Å². The summed E-state index contributed by atoms with van der Waals surface area (Å²) in [4.78, 5) is 14.9. The van der Waals surface area contributed by atoms with E-state index in [-0.39, 0.29) is 42.0 Å². The van der Waals surface area contributed by atoms with Crippen molar-refractivity contribution in [3.05, 3.63) is 60.2 Å². The molecule has 1 N–H and O–H groups in total. The molecule has 1 saturated heterocycles. The Morgan fingerprint density at radius 2 is 1.72 bits per heavy atom. The van der Waals surface area contributed by atoms with E-state index in [0.29, 0.717) is 18.0 Å². The second-order valence-corrected chi connectivity index (χ2v) is 10.1.